The maximum Gasteiger partial charge on any atom is 0.326 e. The summed E-state index contributed by atoms with van der Waals surface area (Å²) in [5, 5.41) is 21.2. The number of carboxylic acids is 1. The van der Waals surface area contributed by atoms with Gasteiger partial charge in [-0.15, -0.1) is 0 Å². The van der Waals surface area contributed by atoms with Crippen LogP contribution in [0.1, 0.15) is 24.0 Å². The highest BCUT2D eigenvalue weighted by atomic mass is 32.1. The number of aromatic hydroxyl groups is 1. The predicted octanol–water partition coefficient (Wildman–Crippen LogP) is 3.13. The normalized spacial score (nSPS) is 14.1. The number of rotatable bonds is 8. The molecule has 2 aromatic carbocycles. The van der Waals surface area contributed by atoms with Gasteiger partial charge in [0, 0.05) is 12.2 Å². The van der Waals surface area contributed by atoms with E-state index < -0.39 is 41.4 Å². The van der Waals surface area contributed by atoms with Crippen molar-refractivity contribution < 1.29 is 28.6 Å². The monoisotopic (exact) mass is 409 g/mol. The molecule has 1 amide bonds. The first kappa shape index (κ1) is 21.7. The summed E-state index contributed by atoms with van der Waals surface area (Å²) in [6.45, 7) is 1.67. The van der Waals surface area contributed by atoms with E-state index in [9.17, 15) is 28.6 Å². The molecule has 8 heteroatoms. The summed E-state index contributed by atoms with van der Waals surface area (Å²) in [5.41, 5.74) is 1.04. The minimum atomic E-state index is -1.21. The van der Waals surface area contributed by atoms with Crippen molar-refractivity contribution in [3.63, 3.8) is 0 Å². The Morgan fingerprint density at radius 2 is 1.75 bits per heavy atom. The molecule has 5 nitrogen and oxygen atoms in total. The Kier molecular flexibility index (Phi) is 7.39. The van der Waals surface area contributed by atoms with Gasteiger partial charge in [-0.05, 0) is 41.3 Å². The van der Waals surface area contributed by atoms with Crippen molar-refractivity contribution in [1.82, 2.24) is 5.32 Å². The molecule has 0 spiro atoms. The highest BCUT2D eigenvalue weighted by molar-refractivity contribution is 7.80. The molecular weight excluding hydrogens is 388 g/mol. The number of benzene rings is 2. The maximum atomic E-state index is 13.5. The molecule has 3 atom stereocenters. The lowest BCUT2D eigenvalue weighted by Crippen LogP contribution is -2.46. The first-order valence-corrected chi connectivity index (χ1v) is 9.23. The van der Waals surface area contributed by atoms with E-state index in [0.29, 0.717) is 11.1 Å². The largest absolute Gasteiger partial charge is 0.508 e. The number of carbonyl (C=O) groups is 2. The lowest BCUT2D eigenvalue weighted by molar-refractivity contribution is -0.142. The zero-order chi connectivity index (χ0) is 20.8. The number of halogens is 2. The van der Waals surface area contributed by atoms with Crippen LogP contribution in [-0.2, 0) is 16.0 Å². The molecule has 0 aliphatic rings. The van der Waals surface area contributed by atoms with Gasteiger partial charge < -0.3 is 15.5 Å². The summed E-state index contributed by atoms with van der Waals surface area (Å²) in [5.74, 6) is -4.85. The third-order valence-corrected chi connectivity index (χ3v) is 4.99. The first-order chi connectivity index (χ1) is 13.2. The SMILES string of the molecule is CC(c1ccc(F)c(F)c1)C(CS)C(=O)N[C@@H](Cc1ccc(O)cc1)C(=O)O. The number of carbonyl (C=O) groups excluding carboxylic acids is 1. The Morgan fingerprint density at radius 1 is 1.11 bits per heavy atom. The van der Waals surface area contributed by atoms with Gasteiger partial charge >= 0.3 is 5.97 Å². The van der Waals surface area contributed by atoms with Gasteiger partial charge in [0.1, 0.15) is 11.8 Å². The van der Waals surface area contributed by atoms with Crippen molar-refractivity contribution in [3.05, 3.63) is 65.2 Å². The number of amides is 1. The van der Waals surface area contributed by atoms with E-state index in [1.165, 1.54) is 18.2 Å². The molecule has 0 aromatic heterocycles. The van der Waals surface area contributed by atoms with Crippen LogP contribution >= 0.6 is 12.6 Å². The van der Waals surface area contributed by atoms with E-state index in [4.69, 9.17) is 0 Å². The predicted molar refractivity (Wildman–Crippen MR) is 103 cm³/mol. The lowest BCUT2D eigenvalue weighted by atomic mass is 9.87. The lowest BCUT2D eigenvalue weighted by Gasteiger charge is -2.24. The molecule has 0 bridgehead atoms. The fourth-order valence-corrected chi connectivity index (χ4v) is 3.32. The fourth-order valence-electron chi connectivity index (χ4n) is 2.84. The van der Waals surface area contributed by atoms with Crippen molar-refractivity contribution in [1.29, 1.82) is 0 Å². The van der Waals surface area contributed by atoms with Crippen LogP contribution < -0.4 is 5.32 Å². The van der Waals surface area contributed by atoms with Crippen LogP contribution in [0.5, 0.6) is 5.75 Å². The van der Waals surface area contributed by atoms with Crippen LogP contribution in [0.2, 0.25) is 0 Å². The summed E-state index contributed by atoms with van der Waals surface area (Å²) < 4.78 is 26.7. The highest BCUT2D eigenvalue weighted by Gasteiger charge is 2.29. The van der Waals surface area contributed by atoms with Crippen LogP contribution in [-0.4, -0.2) is 33.9 Å². The molecule has 28 heavy (non-hydrogen) atoms. The minimum Gasteiger partial charge on any atom is -0.508 e. The average Bonchev–Trinajstić information content (AvgIpc) is 2.65. The van der Waals surface area contributed by atoms with E-state index in [2.05, 4.69) is 17.9 Å². The molecule has 0 saturated carbocycles. The average molecular weight is 409 g/mol. The minimum absolute atomic E-state index is 0.0280. The summed E-state index contributed by atoms with van der Waals surface area (Å²) in [6.07, 6.45) is 0.0280. The Labute approximate surface area is 166 Å². The molecule has 2 rings (SSSR count). The molecule has 0 aliphatic carbocycles. The van der Waals surface area contributed by atoms with Gasteiger partial charge in [0.05, 0.1) is 5.92 Å². The van der Waals surface area contributed by atoms with Crippen LogP contribution in [0.25, 0.3) is 0 Å². The Bertz CT molecular complexity index is 845. The molecule has 0 radical (unpaired) electrons. The molecule has 2 aromatic rings. The number of nitrogens with one attached hydrogen (secondary N) is 1. The molecule has 0 saturated heterocycles. The van der Waals surface area contributed by atoms with Gasteiger partial charge in [0.15, 0.2) is 11.6 Å². The highest BCUT2D eigenvalue weighted by Crippen LogP contribution is 2.27. The fraction of sp³-hybridized carbons (Fsp3) is 0.300. The second-order valence-electron chi connectivity index (χ2n) is 6.52. The van der Waals surface area contributed by atoms with E-state index in [-0.39, 0.29) is 17.9 Å². The zero-order valence-electron chi connectivity index (χ0n) is 15.1. The smallest absolute Gasteiger partial charge is 0.326 e. The number of hydrogen-bond donors (Lipinski definition) is 4. The Balaban J connectivity index is 2.13. The summed E-state index contributed by atoms with van der Waals surface area (Å²) >= 11 is 4.17. The Hall–Kier alpha value is -2.61. The van der Waals surface area contributed by atoms with Crippen LogP contribution in [0.3, 0.4) is 0 Å². The van der Waals surface area contributed by atoms with Gasteiger partial charge in [-0.2, -0.15) is 12.6 Å². The second-order valence-corrected chi connectivity index (χ2v) is 6.89. The second kappa shape index (κ2) is 9.54. The number of aliphatic carboxylic acids is 1. The number of thiol groups is 1. The zero-order valence-corrected chi connectivity index (χ0v) is 16.0. The molecule has 0 fully saturated rings. The quantitative estimate of drug-likeness (QED) is 0.505. The standard InChI is InChI=1S/C20H21F2NO4S/c1-11(13-4-7-16(21)17(22)9-13)15(10-28)19(25)23-18(20(26)27)8-12-2-5-14(24)6-3-12/h2-7,9,11,15,18,24,28H,8,10H2,1H3,(H,23,25)(H,26,27)/t11?,15?,18-/m0/s1. The summed E-state index contributed by atoms with van der Waals surface area (Å²) in [7, 11) is 0. The molecule has 0 heterocycles. The molecule has 150 valence electrons. The van der Waals surface area contributed by atoms with Crippen molar-refractivity contribution in [2.75, 3.05) is 5.75 Å². The van der Waals surface area contributed by atoms with E-state index in [1.807, 2.05) is 0 Å². The van der Waals surface area contributed by atoms with E-state index in [0.717, 1.165) is 12.1 Å². The van der Waals surface area contributed by atoms with Crippen molar-refractivity contribution in [3.8, 4) is 5.75 Å². The maximum absolute atomic E-state index is 13.5. The number of hydrogen-bond acceptors (Lipinski definition) is 4. The third-order valence-electron chi connectivity index (χ3n) is 4.60. The van der Waals surface area contributed by atoms with Gasteiger partial charge in [-0.25, -0.2) is 13.6 Å². The number of carboxylic acid groups (broad SMARTS) is 1. The summed E-state index contributed by atoms with van der Waals surface area (Å²) in [6, 6.07) is 8.20. The first-order valence-electron chi connectivity index (χ1n) is 8.59. The molecular formula is C20H21F2NO4S. The van der Waals surface area contributed by atoms with Gasteiger partial charge in [-0.1, -0.05) is 25.1 Å². The van der Waals surface area contributed by atoms with E-state index >= 15 is 0 Å². The van der Waals surface area contributed by atoms with Crippen molar-refractivity contribution >= 4 is 24.5 Å². The van der Waals surface area contributed by atoms with Crippen LogP contribution in [0.15, 0.2) is 42.5 Å². The van der Waals surface area contributed by atoms with Gasteiger partial charge in [0.25, 0.3) is 0 Å². The van der Waals surface area contributed by atoms with Gasteiger partial charge in [-0.3, -0.25) is 4.79 Å². The van der Waals surface area contributed by atoms with Gasteiger partial charge in [0.2, 0.25) is 5.91 Å². The number of phenolic OH excluding ortho intramolecular Hbond substituents is 1. The Morgan fingerprint density at radius 3 is 2.29 bits per heavy atom. The summed E-state index contributed by atoms with van der Waals surface area (Å²) in [4.78, 5) is 24.2. The molecule has 3 N–H and O–H groups in total. The van der Waals surface area contributed by atoms with E-state index in [1.54, 1.807) is 19.1 Å². The topological polar surface area (TPSA) is 86.6 Å². The van der Waals surface area contributed by atoms with Crippen molar-refractivity contribution in [2.24, 2.45) is 5.92 Å². The number of phenols is 1. The molecule has 0 aliphatic heterocycles. The van der Waals surface area contributed by atoms with Crippen LogP contribution in [0, 0.1) is 17.6 Å². The van der Waals surface area contributed by atoms with Crippen molar-refractivity contribution in [2.45, 2.75) is 25.3 Å². The molecule has 2 unspecified atom stereocenters. The third kappa shape index (κ3) is 5.45. The van der Waals surface area contributed by atoms with Crippen LogP contribution in [0.4, 0.5) is 8.78 Å².